The molecule has 2 N–H and O–H groups in total. The van der Waals surface area contributed by atoms with Gasteiger partial charge in [0.25, 0.3) is 0 Å². The maximum Gasteiger partial charge on any atom is 0.132 e. The molecule has 0 saturated carbocycles. The molecular formula is C11H12FNO. The van der Waals surface area contributed by atoms with Crippen LogP contribution in [0.5, 0.6) is 5.75 Å². The summed E-state index contributed by atoms with van der Waals surface area (Å²) in [6.45, 7) is 4.18. The maximum absolute atomic E-state index is 13.5. The average molecular weight is 193 g/mol. The fourth-order valence-electron chi connectivity index (χ4n) is 1.60. The zero-order valence-electron chi connectivity index (χ0n) is 7.79. The van der Waals surface area contributed by atoms with Gasteiger partial charge in [0.15, 0.2) is 0 Å². The number of benzene rings is 1. The van der Waals surface area contributed by atoms with Crippen LogP contribution >= 0.6 is 0 Å². The summed E-state index contributed by atoms with van der Waals surface area (Å²) in [6, 6.07) is 2.73. The molecule has 1 heterocycles. The van der Waals surface area contributed by atoms with E-state index in [0.717, 1.165) is 12.0 Å². The maximum atomic E-state index is 13.5. The fraction of sp³-hybridized carbons (Fsp3) is 0.273. The monoisotopic (exact) mass is 193 g/mol. The fourth-order valence-corrected chi connectivity index (χ4v) is 1.60. The molecule has 0 bridgehead atoms. The lowest BCUT2D eigenvalue weighted by Gasteiger charge is -2.09. The molecule has 3 heteroatoms. The van der Waals surface area contributed by atoms with Crippen LogP contribution in [0.4, 0.5) is 4.39 Å². The van der Waals surface area contributed by atoms with Gasteiger partial charge in [-0.1, -0.05) is 6.08 Å². The molecule has 74 valence electrons. The lowest BCUT2D eigenvalue weighted by molar-refractivity contribution is 0.355. The van der Waals surface area contributed by atoms with Crippen molar-refractivity contribution in [2.75, 3.05) is 6.61 Å². The summed E-state index contributed by atoms with van der Waals surface area (Å²) in [7, 11) is 0. The molecule has 0 saturated heterocycles. The molecule has 1 aromatic carbocycles. The van der Waals surface area contributed by atoms with E-state index in [2.05, 4.69) is 6.58 Å². The van der Waals surface area contributed by atoms with Crippen molar-refractivity contribution in [3.05, 3.63) is 41.7 Å². The topological polar surface area (TPSA) is 35.2 Å². The molecule has 0 spiro atoms. The Kier molecular flexibility index (Phi) is 2.25. The summed E-state index contributed by atoms with van der Waals surface area (Å²) >= 11 is 0. The number of rotatable bonds is 2. The molecule has 0 fully saturated rings. The Morgan fingerprint density at radius 3 is 3.07 bits per heavy atom. The minimum absolute atomic E-state index is 0.321. The van der Waals surface area contributed by atoms with E-state index in [1.807, 2.05) is 0 Å². The third-order valence-electron chi connectivity index (χ3n) is 2.42. The summed E-state index contributed by atoms with van der Waals surface area (Å²) in [5.41, 5.74) is 7.21. The van der Waals surface area contributed by atoms with Gasteiger partial charge in [-0.25, -0.2) is 4.39 Å². The molecule has 1 aliphatic heterocycles. The number of hydrogen-bond acceptors (Lipinski definition) is 2. The summed E-state index contributed by atoms with van der Waals surface area (Å²) in [5.74, 6) is 0.320. The minimum atomic E-state index is -0.444. The molecule has 2 nitrogen and oxygen atoms in total. The van der Waals surface area contributed by atoms with Crippen molar-refractivity contribution in [3.63, 3.8) is 0 Å². The highest BCUT2D eigenvalue weighted by molar-refractivity contribution is 5.42. The second kappa shape index (κ2) is 3.42. The van der Waals surface area contributed by atoms with Gasteiger partial charge in [-0.3, -0.25) is 0 Å². The first-order chi connectivity index (χ1) is 6.72. The summed E-state index contributed by atoms with van der Waals surface area (Å²) in [4.78, 5) is 0. The SMILES string of the molecule is C=C[C@@H](N)c1cc2c(cc1F)OCC2. The Morgan fingerprint density at radius 1 is 1.57 bits per heavy atom. The van der Waals surface area contributed by atoms with Crippen LogP contribution in [0.15, 0.2) is 24.8 Å². The van der Waals surface area contributed by atoms with E-state index >= 15 is 0 Å². The Morgan fingerprint density at radius 2 is 2.36 bits per heavy atom. The van der Waals surface area contributed by atoms with Crippen LogP contribution < -0.4 is 10.5 Å². The largest absolute Gasteiger partial charge is 0.493 e. The van der Waals surface area contributed by atoms with Crippen LogP contribution in [0, 0.1) is 5.82 Å². The zero-order chi connectivity index (χ0) is 10.1. The molecule has 1 aromatic rings. The Hall–Kier alpha value is -1.35. The van der Waals surface area contributed by atoms with Crippen LogP contribution in [0.3, 0.4) is 0 Å². The van der Waals surface area contributed by atoms with Crippen molar-refractivity contribution in [1.29, 1.82) is 0 Å². The minimum Gasteiger partial charge on any atom is -0.493 e. The molecule has 2 rings (SSSR count). The van der Waals surface area contributed by atoms with Gasteiger partial charge in [0, 0.05) is 18.1 Å². The van der Waals surface area contributed by atoms with Crippen molar-refractivity contribution < 1.29 is 9.13 Å². The highest BCUT2D eigenvalue weighted by Crippen LogP contribution is 2.30. The number of halogens is 1. The van der Waals surface area contributed by atoms with E-state index in [0.29, 0.717) is 17.9 Å². The van der Waals surface area contributed by atoms with Gasteiger partial charge in [0.2, 0.25) is 0 Å². The molecule has 0 aliphatic carbocycles. The normalized spacial score (nSPS) is 15.9. The number of ether oxygens (including phenoxy) is 1. The summed E-state index contributed by atoms with van der Waals surface area (Å²) in [6.07, 6.45) is 2.35. The number of hydrogen-bond donors (Lipinski definition) is 1. The second-order valence-electron chi connectivity index (χ2n) is 3.34. The molecular weight excluding hydrogens is 181 g/mol. The highest BCUT2D eigenvalue weighted by atomic mass is 19.1. The summed E-state index contributed by atoms with van der Waals surface area (Å²) < 4.78 is 18.7. The van der Waals surface area contributed by atoms with E-state index in [9.17, 15) is 4.39 Å². The Bertz CT molecular complexity index is 376. The van der Waals surface area contributed by atoms with Crippen molar-refractivity contribution in [3.8, 4) is 5.75 Å². The quantitative estimate of drug-likeness (QED) is 0.728. The number of fused-ring (bicyclic) bond motifs is 1. The lowest BCUT2D eigenvalue weighted by Crippen LogP contribution is -2.09. The van der Waals surface area contributed by atoms with Gasteiger partial charge in [0.1, 0.15) is 11.6 Å². The third kappa shape index (κ3) is 1.40. The first-order valence-corrected chi connectivity index (χ1v) is 4.55. The zero-order valence-corrected chi connectivity index (χ0v) is 7.79. The van der Waals surface area contributed by atoms with Crippen molar-refractivity contribution in [2.45, 2.75) is 12.5 Å². The molecule has 1 aliphatic rings. The number of nitrogens with two attached hydrogens (primary N) is 1. The van der Waals surface area contributed by atoms with Gasteiger partial charge in [-0.05, 0) is 11.6 Å². The first-order valence-electron chi connectivity index (χ1n) is 4.55. The molecule has 0 unspecified atom stereocenters. The van der Waals surface area contributed by atoms with Crippen molar-refractivity contribution in [1.82, 2.24) is 0 Å². The summed E-state index contributed by atoms with van der Waals surface area (Å²) in [5, 5.41) is 0. The van der Waals surface area contributed by atoms with Crippen LogP contribution in [0.25, 0.3) is 0 Å². The highest BCUT2D eigenvalue weighted by Gasteiger charge is 2.17. The van der Waals surface area contributed by atoms with Crippen LogP contribution in [-0.2, 0) is 6.42 Å². The van der Waals surface area contributed by atoms with Gasteiger partial charge in [-0.2, -0.15) is 0 Å². The van der Waals surface area contributed by atoms with Gasteiger partial charge in [0.05, 0.1) is 12.6 Å². The van der Waals surface area contributed by atoms with Crippen molar-refractivity contribution in [2.24, 2.45) is 5.73 Å². The van der Waals surface area contributed by atoms with E-state index in [1.54, 1.807) is 6.07 Å². The standard InChI is InChI=1S/C11H12FNO/c1-2-10(13)8-5-7-3-4-14-11(7)6-9(8)12/h2,5-6,10H,1,3-4,13H2/t10-/m1/s1. The van der Waals surface area contributed by atoms with Gasteiger partial charge < -0.3 is 10.5 Å². The van der Waals surface area contributed by atoms with Gasteiger partial charge >= 0.3 is 0 Å². The Balaban J connectivity index is 2.47. The lowest BCUT2D eigenvalue weighted by atomic mass is 10.0. The predicted molar refractivity (Wildman–Crippen MR) is 52.7 cm³/mol. The second-order valence-corrected chi connectivity index (χ2v) is 3.34. The van der Waals surface area contributed by atoms with Crippen molar-refractivity contribution >= 4 is 0 Å². The third-order valence-corrected chi connectivity index (χ3v) is 2.42. The average Bonchev–Trinajstić information content (AvgIpc) is 2.62. The van der Waals surface area contributed by atoms with Crippen LogP contribution in [0.1, 0.15) is 17.2 Å². The van der Waals surface area contributed by atoms with Crippen LogP contribution in [0.2, 0.25) is 0 Å². The van der Waals surface area contributed by atoms with Gasteiger partial charge in [-0.15, -0.1) is 6.58 Å². The molecule has 1 atom stereocenters. The van der Waals surface area contributed by atoms with E-state index in [4.69, 9.17) is 10.5 Å². The smallest absolute Gasteiger partial charge is 0.132 e. The Labute approximate surface area is 82.2 Å². The molecule has 0 radical (unpaired) electrons. The van der Waals surface area contributed by atoms with Crippen LogP contribution in [-0.4, -0.2) is 6.61 Å². The molecule has 0 aromatic heterocycles. The molecule has 0 amide bonds. The first kappa shape index (κ1) is 9.21. The van der Waals surface area contributed by atoms with E-state index < -0.39 is 6.04 Å². The molecule has 14 heavy (non-hydrogen) atoms. The van der Waals surface area contributed by atoms with E-state index in [-0.39, 0.29) is 5.82 Å². The predicted octanol–water partition coefficient (Wildman–Crippen LogP) is 1.95. The van der Waals surface area contributed by atoms with E-state index in [1.165, 1.54) is 12.1 Å².